The molecule has 1 N–H and O–H groups in total. The minimum atomic E-state index is -1.50. The summed E-state index contributed by atoms with van der Waals surface area (Å²) in [5, 5.41) is 12.3. The second-order valence-corrected chi connectivity index (χ2v) is 10.7. The number of carbonyl (C=O) groups is 1. The lowest BCUT2D eigenvalue weighted by Crippen LogP contribution is -2.44. The molecule has 1 aromatic carbocycles. The molecule has 1 atom stereocenters. The van der Waals surface area contributed by atoms with Gasteiger partial charge in [0.1, 0.15) is 18.0 Å². The molecule has 1 fully saturated rings. The molecule has 1 saturated heterocycles. The van der Waals surface area contributed by atoms with Crippen LogP contribution in [0, 0.1) is 12.7 Å². The Morgan fingerprint density at radius 3 is 2.62 bits per heavy atom. The van der Waals surface area contributed by atoms with Crippen LogP contribution in [-0.4, -0.2) is 63.7 Å². The lowest BCUT2D eigenvalue weighted by Gasteiger charge is -2.33. The predicted octanol–water partition coefficient (Wildman–Crippen LogP) is 2.66. The molecular formula is C28H31FN4O4. The molecule has 0 saturated carbocycles. The average Bonchev–Trinajstić information content (AvgIpc) is 3.17. The Labute approximate surface area is 214 Å². The zero-order chi connectivity index (χ0) is 26.1. The number of halogens is 1. The van der Waals surface area contributed by atoms with Crippen molar-refractivity contribution in [2.24, 2.45) is 0 Å². The van der Waals surface area contributed by atoms with Crippen LogP contribution in [0.2, 0.25) is 0 Å². The number of aryl methyl sites for hydroxylation is 1. The van der Waals surface area contributed by atoms with Gasteiger partial charge in [-0.1, -0.05) is 6.92 Å². The third kappa shape index (κ3) is 3.88. The molecule has 0 spiro atoms. The fourth-order valence-electron chi connectivity index (χ4n) is 5.90. The maximum atomic E-state index is 14.7. The summed E-state index contributed by atoms with van der Waals surface area (Å²) in [4.78, 5) is 35.5. The number of hydrogen-bond donors (Lipinski definition) is 1. The van der Waals surface area contributed by atoms with E-state index in [1.54, 1.807) is 24.5 Å². The summed E-state index contributed by atoms with van der Waals surface area (Å²) < 4.78 is 21.6. The second kappa shape index (κ2) is 8.72. The van der Waals surface area contributed by atoms with E-state index < -0.39 is 11.6 Å². The van der Waals surface area contributed by atoms with E-state index in [2.05, 4.69) is 16.8 Å². The molecular weight excluding hydrogens is 475 g/mol. The standard InChI is InChI=1S/C28H31FN4O4/c1-4-28(36)12-25(34)37-15-20-21(28)10-24-26-19(14-33(24)27(20)35)18(13-32-7-5-31(3)6-8-32)17-9-16(2)22(29)11-23(17)30-26/h9-11,36H,4-8,12-15H2,1-3H3. The molecule has 1 unspecified atom stereocenters. The molecule has 0 bridgehead atoms. The van der Waals surface area contributed by atoms with Crippen LogP contribution in [0.3, 0.4) is 0 Å². The van der Waals surface area contributed by atoms with E-state index >= 15 is 0 Å². The number of carbonyl (C=O) groups excluding carboxylic acids is 1. The van der Waals surface area contributed by atoms with Gasteiger partial charge in [-0.05, 0) is 49.2 Å². The highest BCUT2D eigenvalue weighted by Crippen LogP contribution is 2.41. The molecule has 9 heteroatoms. The van der Waals surface area contributed by atoms with Crippen LogP contribution < -0.4 is 5.56 Å². The number of fused-ring (bicyclic) bond motifs is 5. The molecule has 2 aromatic heterocycles. The molecule has 0 aliphatic carbocycles. The van der Waals surface area contributed by atoms with Crippen LogP contribution in [0.1, 0.15) is 47.6 Å². The van der Waals surface area contributed by atoms with Crippen LogP contribution in [-0.2, 0) is 34.8 Å². The summed E-state index contributed by atoms with van der Waals surface area (Å²) in [7, 11) is 2.12. The quantitative estimate of drug-likeness (QED) is 0.428. The first-order valence-electron chi connectivity index (χ1n) is 12.9. The molecule has 6 rings (SSSR count). The van der Waals surface area contributed by atoms with Gasteiger partial charge in [0.25, 0.3) is 5.56 Å². The van der Waals surface area contributed by atoms with Crippen molar-refractivity contribution >= 4 is 16.9 Å². The van der Waals surface area contributed by atoms with Crippen molar-refractivity contribution in [3.8, 4) is 11.4 Å². The first kappa shape index (κ1) is 24.2. The summed E-state index contributed by atoms with van der Waals surface area (Å²) in [6.45, 7) is 8.17. The molecule has 3 aliphatic rings. The van der Waals surface area contributed by atoms with E-state index in [1.165, 1.54) is 6.07 Å². The molecule has 3 aliphatic heterocycles. The van der Waals surface area contributed by atoms with Gasteiger partial charge in [0.15, 0.2) is 0 Å². The Kier molecular flexibility index (Phi) is 5.70. The zero-order valence-corrected chi connectivity index (χ0v) is 21.4. The normalized spacial score (nSPS) is 21.9. The number of ether oxygens (including phenoxy) is 1. The molecule has 37 heavy (non-hydrogen) atoms. The zero-order valence-electron chi connectivity index (χ0n) is 21.4. The van der Waals surface area contributed by atoms with Gasteiger partial charge in [-0.15, -0.1) is 0 Å². The Morgan fingerprint density at radius 1 is 1.14 bits per heavy atom. The highest BCUT2D eigenvalue weighted by Gasteiger charge is 2.40. The van der Waals surface area contributed by atoms with Crippen molar-refractivity contribution in [1.29, 1.82) is 0 Å². The SMILES string of the molecule is CCC1(O)CC(=O)OCc2c1cc1n(c2=O)Cc2c-1nc1cc(F)c(C)cc1c2CN1CCN(C)CC1. The third-order valence-corrected chi connectivity index (χ3v) is 8.32. The van der Waals surface area contributed by atoms with Crippen molar-refractivity contribution in [1.82, 2.24) is 19.4 Å². The molecule has 3 aromatic rings. The number of hydrogen-bond acceptors (Lipinski definition) is 7. The summed E-state index contributed by atoms with van der Waals surface area (Å²) in [6.07, 6.45) is 0.0473. The summed E-state index contributed by atoms with van der Waals surface area (Å²) >= 11 is 0. The lowest BCUT2D eigenvalue weighted by atomic mass is 9.85. The number of pyridine rings is 2. The Balaban J connectivity index is 1.56. The average molecular weight is 507 g/mol. The largest absolute Gasteiger partial charge is 0.460 e. The van der Waals surface area contributed by atoms with Crippen molar-refractivity contribution in [2.45, 2.75) is 52.0 Å². The van der Waals surface area contributed by atoms with Gasteiger partial charge in [-0.3, -0.25) is 14.5 Å². The summed E-state index contributed by atoms with van der Waals surface area (Å²) in [5.74, 6) is -0.853. The number of aromatic nitrogens is 2. The van der Waals surface area contributed by atoms with E-state index in [4.69, 9.17) is 9.72 Å². The van der Waals surface area contributed by atoms with Crippen molar-refractivity contribution < 1.29 is 19.0 Å². The van der Waals surface area contributed by atoms with Crippen LogP contribution in [0.25, 0.3) is 22.3 Å². The van der Waals surface area contributed by atoms with E-state index in [0.717, 1.165) is 42.7 Å². The van der Waals surface area contributed by atoms with Crippen LogP contribution in [0.15, 0.2) is 23.0 Å². The number of likely N-dealkylation sites (N-methyl/N-ethyl adjacent to an activating group) is 1. The van der Waals surface area contributed by atoms with Gasteiger partial charge < -0.3 is 19.3 Å². The maximum Gasteiger partial charge on any atom is 0.309 e. The Hall–Kier alpha value is -3.14. The van der Waals surface area contributed by atoms with Gasteiger partial charge >= 0.3 is 5.97 Å². The molecule has 0 amide bonds. The molecule has 8 nitrogen and oxygen atoms in total. The lowest BCUT2D eigenvalue weighted by molar-refractivity contribution is -0.149. The van der Waals surface area contributed by atoms with E-state index in [-0.39, 0.29) is 30.8 Å². The van der Waals surface area contributed by atoms with E-state index in [1.807, 2.05) is 6.07 Å². The fourth-order valence-corrected chi connectivity index (χ4v) is 5.90. The van der Waals surface area contributed by atoms with Crippen molar-refractivity contribution in [3.05, 3.63) is 62.2 Å². The molecule has 194 valence electrons. The smallest absolute Gasteiger partial charge is 0.309 e. The van der Waals surface area contributed by atoms with Crippen molar-refractivity contribution in [2.75, 3.05) is 33.2 Å². The number of rotatable bonds is 3. The second-order valence-electron chi connectivity index (χ2n) is 10.7. The van der Waals surface area contributed by atoms with Gasteiger partial charge in [-0.25, -0.2) is 9.37 Å². The van der Waals surface area contributed by atoms with Crippen molar-refractivity contribution in [3.63, 3.8) is 0 Å². The minimum absolute atomic E-state index is 0.167. The first-order chi connectivity index (χ1) is 17.7. The number of piperazine rings is 1. The highest BCUT2D eigenvalue weighted by molar-refractivity contribution is 5.88. The number of esters is 1. The third-order valence-electron chi connectivity index (χ3n) is 8.32. The number of benzene rings is 1. The van der Waals surface area contributed by atoms with Gasteiger partial charge in [-0.2, -0.15) is 0 Å². The molecule has 0 radical (unpaired) electrons. The van der Waals surface area contributed by atoms with Gasteiger partial charge in [0.05, 0.1) is 35.4 Å². The minimum Gasteiger partial charge on any atom is -0.460 e. The van der Waals surface area contributed by atoms with Crippen LogP contribution >= 0.6 is 0 Å². The van der Waals surface area contributed by atoms with Crippen LogP contribution in [0.5, 0.6) is 0 Å². The highest BCUT2D eigenvalue weighted by atomic mass is 19.1. The van der Waals surface area contributed by atoms with Crippen LogP contribution in [0.4, 0.5) is 4.39 Å². The molecule has 5 heterocycles. The van der Waals surface area contributed by atoms with Gasteiger partial charge in [0.2, 0.25) is 0 Å². The van der Waals surface area contributed by atoms with Gasteiger partial charge in [0, 0.05) is 49.7 Å². The summed E-state index contributed by atoms with van der Waals surface area (Å²) in [6, 6.07) is 5.12. The topological polar surface area (TPSA) is 87.9 Å². The van der Waals surface area contributed by atoms with E-state index in [9.17, 15) is 19.1 Å². The van der Waals surface area contributed by atoms with E-state index in [0.29, 0.717) is 46.7 Å². The predicted molar refractivity (Wildman–Crippen MR) is 137 cm³/mol. The number of cyclic esters (lactones) is 1. The first-order valence-corrected chi connectivity index (χ1v) is 12.9. The number of aliphatic hydroxyl groups is 1. The monoisotopic (exact) mass is 506 g/mol. The Bertz CT molecular complexity index is 1510. The maximum absolute atomic E-state index is 14.7. The fraction of sp³-hybridized carbons (Fsp3) is 0.464. The summed E-state index contributed by atoms with van der Waals surface area (Å²) in [5.41, 5.74) is 3.27. The Morgan fingerprint density at radius 2 is 1.89 bits per heavy atom. The number of nitrogens with zero attached hydrogens (tertiary/aromatic N) is 4.